The number of halogens is 2. The highest BCUT2D eigenvalue weighted by molar-refractivity contribution is 5.54. The Hall–Kier alpha value is -1.52. The van der Waals surface area contributed by atoms with E-state index in [0.717, 1.165) is 0 Å². The Morgan fingerprint density at radius 3 is 2.83 bits per heavy atom. The number of nitrogens with two attached hydrogens (primary N) is 1. The minimum absolute atomic E-state index is 0.0363. The number of fused-ring (bicyclic) bond motifs is 1. The van der Waals surface area contributed by atoms with Crippen molar-refractivity contribution in [3.63, 3.8) is 0 Å². The second-order valence-corrected chi connectivity index (χ2v) is 2.31. The molecule has 1 aliphatic rings. The molecule has 12 heavy (non-hydrogen) atoms. The number of anilines is 1. The van der Waals surface area contributed by atoms with Crippen molar-refractivity contribution in [3.8, 4) is 11.5 Å². The van der Waals surface area contributed by atoms with E-state index in [4.69, 9.17) is 5.73 Å². The van der Waals surface area contributed by atoms with Crippen LogP contribution in [-0.4, -0.2) is 6.54 Å². The number of alkyl halides is 1. The lowest BCUT2D eigenvalue weighted by molar-refractivity contribution is -0.0662. The van der Waals surface area contributed by atoms with E-state index in [1.54, 1.807) is 0 Å². The van der Waals surface area contributed by atoms with Crippen molar-refractivity contribution < 1.29 is 18.3 Å². The first kappa shape index (κ1) is 7.15. The van der Waals surface area contributed by atoms with E-state index in [2.05, 4.69) is 9.47 Å². The van der Waals surface area contributed by atoms with E-state index in [1.165, 1.54) is 12.1 Å². The van der Waals surface area contributed by atoms with Crippen LogP contribution in [-0.2, 0) is 0 Å². The molecule has 1 unspecified atom stereocenters. The van der Waals surface area contributed by atoms with E-state index in [-0.39, 0.29) is 17.2 Å². The largest absolute Gasteiger partial charge is 0.425 e. The summed E-state index contributed by atoms with van der Waals surface area (Å²) in [5.74, 6) is -1.01. The lowest BCUT2D eigenvalue weighted by atomic mass is 10.3. The number of benzene rings is 1. The molecule has 2 rings (SSSR count). The molecule has 0 radical (unpaired) electrons. The second kappa shape index (κ2) is 2.23. The summed E-state index contributed by atoms with van der Waals surface area (Å²) in [6, 6.07) is 2.64. The Morgan fingerprint density at radius 2 is 2.08 bits per heavy atom. The molecule has 1 heterocycles. The van der Waals surface area contributed by atoms with E-state index < -0.39 is 12.4 Å². The summed E-state index contributed by atoms with van der Waals surface area (Å²) >= 11 is 0. The topological polar surface area (TPSA) is 44.5 Å². The van der Waals surface area contributed by atoms with Crippen molar-refractivity contribution in [1.29, 1.82) is 0 Å². The molecule has 0 spiro atoms. The summed E-state index contributed by atoms with van der Waals surface area (Å²) in [4.78, 5) is 0. The van der Waals surface area contributed by atoms with Gasteiger partial charge in [-0.15, -0.1) is 0 Å². The molecule has 0 aliphatic carbocycles. The monoisotopic (exact) mass is 173 g/mol. The van der Waals surface area contributed by atoms with Gasteiger partial charge in [-0.05, 0) is 12.1 Å². The zero-order valence-corrected chi connectivity index (χ0v) is 5.88. The van der Waals surface area contributed by atoms with E-state index in [0.29, 0.717) is 0 Å². The van der Waals surface area contributed by atoms with Gasteiger partial charge in [-0.3, -0.25) is 0 Å². The second-order valence-electron chi connectivity index (χ2n) is 2.31. The van der Waals surface area contributed by atoms with Crippen molar-refractivity contribution in [2.45, 2.75) is 6.54 Å². The average molecular weight is 173 g/mol. The summed E-state index contributed by atoms with van der Waals surface area (Å²) in [6.07, 6.45) is 0. The Labute approximate surface area is 66.7 Å². The third-order valence-electron chi connectivity index (χ3n) is 1.52. The number of hydrogen-bond donors (Lipinski definition) is 1. The van der Waals surface area contributed by atoms with Crippen molar-refractivity contribution in [2.75, 3.05) is 5.73 Å². The summed E-state index contributed by atoms with van der Waals surface area (Å²) in [7, 11) is 0. The first-order chi connectivity index (χ1) is 5.68. The van der Waals surface area contributed by atoms with Gasteiger partial charge in [-0.25, -0.2) is 4.39 Å². The van der Waals surface area contributed by atoms with Gasteiger partial charge in [0.25, 0.3) is 0 Å². The average Bonchev–Trinajstić information content (AvgIpc) is 2.39. The highest BCUT2D eigenvalue weighted by atomic mass is 19.2. The van der Waals surface area contributed by atoms with Gasteiger partial charge in [0, 0.05) is 0 Å². The molecular weight excluding hydrogens is 168 g/mol. The summed E-state index contributed by atoms with van der Waals surface area (Å²) < 4.78 is 34.2. The highest BCUT2D eigenvalue weighted by Crippen LogP contribution is 2.39. The van der Waals surface area contributed by atoms with Crippen LogP contribution in [0.15, 0.2) is 12.1 Å². The molecule has 1 atom stereocenters. The van der Waals surface area contributed by atoms with Gasteiger partial charge in [0.1, 0.15) is 0 Å². The lowest BCUT2D eigenvalue weighted by Crippen LogP contribution is -2.09. The van der Waals surface area contributed by atoms with Crippen LogP contribution >= 0.6 is 0 Å². The molecule has 0 fully saturated rings. The van der Waals surface area contributed by atoms with E-state index in [9.17, 15) is 8.78 Å². The lowest BCUT2D eigenvalue weighted by Gasteiger charge is -1.98. The van der Waals surface area contributed by atoms with Gasteiger partial charge in [0.2, 0.25) is 5.75 Å². The fourth-order valence-electron chi connectivity index (χ4n) is 0.973. The van der Waals surface area contributed by atoms with Gasteiger partial charge in [0.15, 0.2) is 11.6 Å². The molecule has 2 N–H and O–H groups in total. The quantitative estimate of drug-likeness (QED) is 0.603. The molecule has 3 nitrogen and oxygen atoms in total. The molecule has 5 heteroatoms. The van der Waals surface area contributed by atoms with Crippen LogP contribution in [0.5, 0.6) is 11.5 Å². The van der Waals surface area contributed by atoms with Crippen molar-refractivity contribution >= 4 is 5.69 Å². The Morgan fingerprint density at radius 1 is 1.33 bits per heavy atom. The molecular formula is C7H5F2NO2. The smallest absolute Gasteiger partial charge is 0.397 e. The predicted molar refractivity (Wildman–Crippen MR) is 37.0 cm³/mol. The minimum atomic E-state index is -1.93. The molecule has 0 saturated carbocycles. The third kappa shape index (κ3) is 0.861. The van der Waals surface area contributed by atoms with Crippen LogP contribution in [0.2, 0.25) is 0 Å². The SMILES string of the molecule is Nc1ccc2c(c1F)OC(F)O2. The molecule has 0 aromatic heterocycles. The molecule has 1 aromatic rings. The molecule has 0 saturated heterocycles. The molecule has 64 valence electrons. The van der Waals surface area contributed by atoms with Crippen LogP contribution in [0, 0.1) is 5.82 Å². The van der Waals surface area contributed by atoms with Gasteiger partial charge in [0.05, 0.1) is 5.69 Å². The normalized spacial score (nSPS) is 19.7. The van der Waals surface area contributed by atoms with Crippen molar-refractivity contribution in [1.82, 2.24) is 0 Å². The first-order valence-electron chi connectivity index (χ1n) is 3.24. The van der Waals surface area contributed by atoms with Crippen molar-refractivity contribution in [2.24, 2.45) is 0 Å². The molecule has 1 aromatic carbocycles. The number of nitrogen functional groups attached to an aromatic ring is 1. The Bertz CT molecular complexity index is 329. The van der Waals surface area contributed by atoms with Gasteiger partial charge in [-0.1, -0.05) is 0 Å². The van der Waals surface area contributed by atoms with Gasteiger partial charge < -0.3 is 15.2 Å². The van der Waals surface area contributed by atoms with Gasteiger partial charge >= 0.3 is 6.54 Å². The third-order valence-corrected chi connectivity index (χ3v) is 1.52. The maximum Gasteiger partial charge on any atom is 0.397 e. The Balaban J connectivity index is 2.54. The number of hydrogen-bond acceptors (Lipinski definition) is 3. The van der Waals surface area contributed by atoms with Crippen molar-refractivity contribution in [3.05, 3.63) is 17.9 Å². The van der Waals surface area contributed by atoms with E-state index in [1.807, 2.05) is 0 Å². The summed E-state index contributed by atoms with van der Waals surface area (Å²) in [6.45, 7) is -1.93. The minimum Gasteiger partial charge on any atom is -0.425 e. The van der Waals surface area contributed by atoms with Crippen LogP contribution in [0.3, 0.4) is 0 Å². The van der Waals surface area contributed by atoms with E-state index >= 15 is 0 Å². The fraction of sp³-hybridized carbons (Fsp3) is 0.143. The summed E-state index contributed by atoms with van der Waals surface area (Å²) in [5.41, 5.74) is 5.11. The molecule has 1 aliphatic heterocycles. The standard InChI is InChI=1S/C7H5F2NO2/c8-5-3(10)1-2-4-6(5)12-7(9)11-4/h1-2,7H,10H2. The predicted octanol–water partition coefficient (Wildman–Crippen LogP) is 1.43. The fourth-order valence-corrected chi connectivity index (χ4v) is 0.973. The zero-order valence-electron chi connectivity index (χ0n) is 5.88. The highest BCUT2D eigenvalue weighted by Gasteiger charge is 2.27. The van der Waals surface area contributed by atoms with Crippen LogP contribution in [0.4, 0.5) is 14.5 Å². The van der Waals surface area contributed by atoms with Crippen LogP contribution in [0.25, 0.3) is 0 Å². The number of rotatable bonds is 0. The first-order valence-corrected chi connectivity index (χ1v) is 3.24. The summed E-state index contributed by atoms with van der Waals surface area (Å²) in [5, 5.41) is 0. The van der Waals surface area contributed by atoms with Gasteiger partial charge in [-0.2, -0.15) is 4.39 Å². The van der Waals surface area contributed by atoms with Crippen LogP contribution < -0.4 is 15.2 Å². The molecule has 0 amide bonds. The molecule has 0 bridgehead atoms. The van der Waals surface area contributed by atoms with Crippen LogP contribution in [0.1, 0.15) is 0 Å². The maximum absolute atomic E-state index is 13.0. The maximum atomic E-state index is 13.0. The Kier molecular flexibility index (Phi) is 1.33. The number of ether oxygens (including phenoxy) is 2. The zero-order chi connectivity index (χ0) is 8.72.